The molecule has 7 nitrogen and oxygen atoms in total. The molecule has 0 aliphatic heterocycles. The third-order valence-corrected chi connectivity index (χ3v) is 9.00. The van der Waals surface area contributed by atoms with Gasteiger partial charge < -0.3 is 19.1 Å². The minimum absolute atomic E-state index is 0. The van der Waals surface area contributed by atoms with Gasteiger partial charge in [0.2, 0.25) is 10.0 Å². The molecular formula is C27H29BrF2NNa3O6PS2+. The molecule has 0 aromatic heterocycles. The molecule has 0 saturated carbocycles. The normalized spacial score (nSPS) is 11.7. The Labute approximate surface area is 331 Å². The minimum Gasteiger partial charge on any atom is -0.806 e. The second-order valence-corrected chi connectivity index (χ2v) is 14.8. The summed E-state index contributed by atoms with van der Waals surface area (Å²) in [5.41, 5.74) is -1.62. The van der Waals surface area contributed by atoms with Crippen molar-refractivity contribution in [2.75, 3.05) is 17.6 Å². The van der Waals surface area contributed by atoms with E-state index >= 15 is 0 Å². The van der Waals surface area contributed by atoms with Gasteiger partial charge in [-0.2, -0.15) is 20.5 Å². The number of sulfonamides is 1. The number of alkyl halides is 2. The van der Waals surface area contributed by atoms with Crippen LogP contribution in [0.5, 0.6) is 5.75 Å². The summed E-state index contributed by atoms with van der Waals surface area (Å²) < 4.78 is 70.8. The number of thioether (sulfide) groups is 1. The Hall–Kier alpha value is 1.05. The Morgan fingerprint density at radius 1 is 0.953 bits per heavy atom. The quantitative estimate of drug-likeness (QED) is 0.150. The first-order valence-corrected chi connectivity index (χ1v) is 17.6. The minimum atomic E-state index is -6.15. The zero-order valence-corrected chi connectivity index (χ0v) is 35.1. The van der Waals surface area contributed by atoms with Crippen molar-refractivity contribution in [1.29, 1.82) is 0 Å². The second kappa shape index (κ2) is 19.1. The number of rotatable bonds is 13. The predicted octanol–water partition coefficient (Wildman–Crippen LogP) is -2.68. The fourth-order valence-electron chi connectivity index (χ4n) is 3.64. The van der Waals surface area contributed by atoms with Crippen LogP contribution in [0.4, 0.5) is 14.5 Å². The number of hydrogen-bond donors (Lipinski definition) is 1. The molecule has 0 unspecified atom stereocenters. The first-order chi connectivity index (χ1) is 18.6. The Morgan fingerprint density at radius 3 is 2.05 bits per heavy atom. The Bertz CT molecular complexity index is 1500. The second-order valence-electron chi connectivity index (χ2n) is 9.66. The van der Waals surface area contributed by atoms with E-state index in [9.17, 15) is 31.6 Å². The zero-order chi connectivity index (χ0) is 29.7. The van der Waals surface area contributed by atoms with Gasteiger partial charge in [0.25, 0.3) is 5.66 Å². The SMILES string of the molecule is CC(C)CCOc1ccc(-c2ccc(CSCc3ccc(C(F)(F)P(=O)([O-])[O-])c(Br)c3)cc2)cc1NS(C)(=O)=O.[Na+].[Na+].[Na+]. The molecule has 3 aromatic rings. The third kappa shape index (κ3) is 13.6. The molecule has 0 radical (unpaired) electrons. The van der Waals surface area contributed by atoms with Crippen molar-refractivity contribution in [3.8, 4) is 16.9 Å². The summed E-state index contributed by atoms with van der Waals surface area (Å²) in [6.07, 6.45) is 1.92. The third-order valence-electron chi connectivity index (χ3n) is 5.75. The monoisotopic (exact) mass is 744 g/mol. The van der Waals surface area contributed by atoms with Crippen molar-refractivity contribution in [3.63, 3.8) is 0 Å². The number of anilines is 1. The Kier molecular flexibility index (Phi) is 19.6. The van der Waals surface area contributed by atoms with E-state index in [1.165, 1.54) is 23.9 Å². The summed E-state index contributed by atoms with van der Waals surface area (Å²) >= 11 is 4.48. The van der Waals surface area contributed by atoms with Gasteiger partial charge in [0.1, 0.15) is 5.75 Å². The van der Waals surface area contributed by atoms with Gasteiger partial charge in [-0.3, -0.25) is 4.72 Å². The summed E-state index contributed by atoms with van der Waals surface area (Å²) in [5.74, 6) is 2.00. The van der Waals surface area contributed by atoms with E-state index < -0.39 is 28.8 Å². The van der Waals surface area contributed by atoms with Crippen LogP contribution < -0.4 is 108 Å². The fraction of sp³-hybridized carbons (Fsp3) is 0.333. The number of hydrogen-bond acceptors (Lipinski definition) is 7. The van der Waals surface area contributed by atoms with Crippen LogP contribution >= 0.6 is 35.3 Å². The van der Waals surface area contributed by atoms with Crippen molar-refractivity contribution in [1.82, 2.24) is 0 Å². The number of benzene rings is 3. The molecule has 0 heterocycles. The van der Waals surface area contributed by atoms with E-state index in [0.717, 1.165) is 35.4 Å². The van der Waals surface area contributed by atoms with Crippen molar-refractivity contribution < 1.29 is 125 Å². The molecular weight excluding hydrogens is 716 g/mol. The van der Waals surface area contributed by atoms with Crippen LogP contribution in [0, 0.1) is 5.92 Å². The molecule has 3 aromatic carbocycles. The molecule has 0 aliphatic carbocycles. The van der Waals surface area contributed by atoms with Gasteiger partial charge in [-0.05, 0) is 52.8 Å². The van der Waals surface area contributed by atoms with Crippen LogP contribution in [0.2, 0.25) is 0 Å². The molecule has 0 bridgehead atoms. The van der Waals surface area contributed by atoms with E-state index in [2.05, 4.69) is 34.5 Å². The number of nitrogens with one attached hydrogen (secondary N) is 1. The smallest absolute Gasteiger partial charge is 0.806 e. The van der Waals surface area contributed by atoms with Crippen LogP contribution in [0.25, 0.3) is 11.1 Å². The first kappa shape index (κ1) is 44.0. The van der Waals surface area contributed by atoms with Crippen molar-refractivity contribution in [2.24, 2.45) is 5.92 Å². The van der Waals surface area contributed by atoms with E-state index in [-0.39, 0.29) is 93.1 Å². The number of ether oxygens (including phenoxy) is 1. The molecule has 0 fully saturated rings. The first-order valence-electron chi connectivity index (χ1n) is 12.2. The Balaban J connectivity index is 0.00000588. The number of halogens is 3. The van der Waals surface area contributed by atoms with Gasteiger partial charge in [-0.15, -0.1) is 0 Å². The summed E-state index contributed by atoms with van der Waals surface area (Å²) in [7, 11) is -9.66. The zero-order valence-electron chi connectivity index (χ0n) is 25.0. The van der Waals surface area contributed by atoms with E-state index in [1.54, 1.807) is 12.1 Å². The molecule has 16 heteroatoms. The maximum Gasteiger partial charge on any atom is 1.00 e. The average molecular weight is 746 g/mol. The Morgan fingerprint density at radius 2 is 1.51 bits per heavy atom. The molecule has 0 saturated heterocycles. The van der Waals surface area contributed by atoms with Crippen molar-refractivity contribution in [2.45, 2.75) is 37.4 Å². The summed E-state index contributed by atoms with van der Waals surface area (Å²) in [6, 6.07) is 16.8. The van der Waals surface area contributed by atoms with E-state index in [0.29, 0.717) is 41.0 Å². The largest absolute Gasteiger partial charge is 1.00 e. The summed E-state index contributed by atoms with van der Waals surface area (Å²) in [4.78, 5) is 21.9. The molecule has 1 N–H and O–H groups in total. The standard InChI is InChI=1S/C27H31BrF2NO6PS2.3Na/c1-18(2)12-13-37-26-11-9-22(15-25(26)31-40(3,35)36)21-7-4-19(5-8-21)16-39-17-20-6-10-23(24(28)14-20)27(29,30)38(32,33)34;;;/h4-11,14-15,18,31H,12-13,16-17H2,1-3H3,(H2,32,33,34);;;/q;3*+1/p-2. The molecule has 0 amide bonds. The maximum absolute atomic E-state index is 13.9. The molecule has 43 heavy (non-hydrogen) atoms. The van der Waals surface area contributed by atoms with Crippen LogP contribution in [0.15, 0.2) is 65.1 Å². The molecule has 0 atom stereocenters. The van der Waals surface area contributed by atoms with E-state index in [1.807, 2.05) is 30.3 Å². The van der Waals surface area contributed by atoms with Gasteiger partial charge in [-0.25, -0.2) is 8.42 Å². The van der Waals surface area contributed by atoms with Gasteiger partial charge in [0.15, 0.2) is 0 Å². The maximum atomic E-state index is 13.9. The molecule has 0 spiro atoms. The summed E-state index contributed by atoms with van der Waals surface area (Å²) in [5, 5.41) is 0. The summed E-state index contributed by atoms with van der Waals surface area (Å²) in [6.45, 7) is 4.63. The fourth-order valence-corrected chi connectivity index (χ4v) is 6.46. The average Bonchev–Trinajstić information content (AvgIpc) is 2.83. The van der Waals surface area contributed by atoms with Crippen molar-refractivity contribution >= 4 is 51.0 Å². The van der Waals surface area contributed by atoms with Gasteiger partial charge in [0.05, 0.1) is 18.6 Å². The molecule has 3 rings (SSSR count). The molecule has 0 aliphatic rings. The molecule has 218 valence electrons. The van der Waals surface area contributed by atoms with E-state index in [4.69, 9.17) is 4.74 Å². The van der Waals surface area contributed by atoms with Gasteiger partial charge in [-0.1, -0.05) is 72.2 Å². The predicted molar refractivity (Wildman–Crippen MR) is 156 cm³/mol. The van der Waals surface area contributed by atoms with Crippen LogP contribution in [0.1, 0.15) is 37.0 Å². The van der Waals surface area contributed by atoms with Gasteiger partial charge >= 0.3 is 88.7 Å². The van der Waals surface area contributed by atoms with Crippen LogP contribution in [0.3, 0.4) is 0 Å². The topological polar surface area (TPSA) is 119 Å². The van der Waals surface area contributed by atoms with Crippen LogP contribution in [-0.2, 0) is 31.8 Å². The van der Waals surface area contributed by atoms with Crippen LogP contribution in [-0.4, -0.2) is 21.3 Å². The van der Waals surface area contributed by atoms with Gasteiger partial charge in [0, 0.05) is 29.1 Å². The van der Waals surface area contributed by atoms with Crippen molar-refractivity contribution in [3.05, 3.63) is 81.8 Å².